The average Bonchev–Trinajstić information content (AvgIpc) is 2.59. The minimum atomic E-state index is -0.285. The second kappa shape index (κ2) is 14.3. The van der Waals surface area contributed by atoms with Crippen LogP contribution in [-0.4, -0.2) is 42.1 Å². The third-order valence-electron chi connectivity index (χ3n) is 4.57. The van der Waals surface area contributed by atoms with Gasteiger partial charge in [-0.3, -0.25) is 0 Å². The molecule has 0 spiro atoms. The van der Waals surface area contributed by atoms with Crippen molar-refractivity contribution in [1.29, 1.82) is 0 Å². The van der Waals surface area contributed by atoms with Crippen LogP contribution in [0, 0.1) is 0 Å². The first-order valence-electron chi connectivity index (χ1n) is 9.64. The van der Waals surface area contributed by atoms with Crippen LogP contribution in [-0.2, 0) is 6.42 Å². The minimum absolute atomic E-state index is 0. The summed E-state index contributed by atoms with van der Waals surface area (Å²) in [5.74, 6) is 0.876. The number of β-amino-alcohol motifs (C(OH)–C–C–N with tert-alkyl or cyclic N) is 1. The van der Waals surface area contributed by atoms with E-state index in [0.29, 0.717) is 13.2 Å². The SMILES string of the molecule is COc1ccc(CC(C)(C)NCC(O)CCCCCCCCO)cc1.Cl. The maximum Gasteiger partial charge on any atom is 0.118 e. The lowest BCUT2D eigenvalue weighted by molar-refractivity contribution is 0.146. The Bertz CT molecular complexity index is 451. The second-order valence-electron chi connectivity index (χ2n) is 7.58. The summed E-state index contributed by atoms with van der Waals surface area (Å²) in [5, 5.41) is 22.4. The number of rotatable bonds is 14. The third-order valence-corrected chi connectivity index (χ3v) is 4.57. The van der Waals surface area contributed by atoms with Gasteiger partial charge in [-0.05, 0) is 50.8 Å². The van der Waals surface area contributed by atoms with E-state index in [-0.39, 0.29) is 24.0 Å². The lowest BCUT2D eigenvalue weighted by atomic mass is 9.94. The highest BCUT2D eigenvalue weighted by molar-refractivity contribution is 5.85. The first-order valence-corrected chi connectivity index (χ1v) is 9.64. The molecule has 0 heterocycles. The number of methoxy groups -OCH3 is 1. The van der Waals surface area contributed by atoms with E-state index in [1.165, 1.54) is 18.4 Å². The van der Waals surface area contributed by atoms with Crippen molar-refractivity contribution in [1.82, 2.24) is 5.32 Å². The summed E-state index contributed by atoms with van der Waals surface area (Å²) >= 11 is 0. The topological polar surface area (TPSA) is 61.7 Å². The molecular weight excluding hydrogens is 350 g/mol. The highest BCUT2D eigenvalue weighted by Crippen LogP contribution is 2.17. The van der Waals surface area contributed by atoms with Crippen LogP contribution in [0.2, 0.25) is 0 Å². The molecule has 0 fully saturated rings. The molecule has 26 heavy (non-hydrogen) atoms. The van der Waals surface area contributed by atoms with Gasteiger partial charge in [0.15, 0.2) is 0 Å². The Kier molecular flexibility index (Phi) is 13.8. The number of ether oxygens (including phenoxy) is 1. The summed E-state index contributed by atoms with van der Waals surface area (Å²) in [6, 6.07) is 8.16. The zero-order valence-corrected chi connectivity index (χ0v) is 17.5. The number of unbranched alkanes of at least 4 members (excludes halogenated alkanes) is 5. The molecule has 0 aliphatic carbocycles. The van der Waals surface area contributed by atoms with Gasteiger partial charge < -0.3 is 20.3 Å². The van der Waals surface area contributed by atoms with Gasteiger partial charge in [0.25, 0.3) is 0 Å². The molecule has 1 aromatic rings. The van der Waals surface area contributed by atoms with E-state index in [2.05, 4.69) is 31.3 Å². The highest BCUT2D eigenvalue weighted by Gasteiger charge is 2.19. The summed E-state index contributed by atoms with van der Waals surface area (Å²) in [6.45, 7) is 5.28. The Balaban J connectivity index is 0.00000625. The molecular formula is C21H38ClNO3. The summed E-state index contributed by atoms with van der Waals surface area (Å²) in [4.78, 5) is 0. The standard InChI is InChI=1S/C21H37NO3.ClH/c1-21(2,16-18-11-13-20(25-3)14-12-18)22-17-19(24)10-8-6-4-5-7-9-15-23;/h11-14,19,22-24H,4-10,15-17H2,1-3H3;1H. The Morgan fingerprint density at radius 1 is 1.00 bits per heavy atom. The zero-order valence-electron chi connectivity index (χ0n) is 16.7. The molecule has 3 N–H and O–H groups in total. The van der Waals surface area contributed by atoms with Gasteiger partial charge in [0.2, 0.25) is 0 Å². The Morgan fingerprint density at radius 3 is 2.15 bits per heavy atom. The molecule has 1 aromatic carbocycles. The van der Waals surface area contributed by atoms with Gasteiger partial charge in [-0.2, -0.15) is 0 Å². The monoisotopic (exact) mass is 387 g/mol. The molecule has 152 valence electrons. The van der Waals surface area contributed by atoms with Crippen LogP contribution in [0.15, 0.2) is 24.3 Å². The first-order chi connectivity index (χ1) is 12.0. The number of benzene rings is 1. The number of halogens is 1. The molecule has 0 aromatic heterocycles. The largest absolute Gasteiger partial charge is 0.497 e. The molecule has 0 saturated heterocycles. The molecule has 0 radical (unpaired) electrons. The average molecular weight is 388 g/mol. The molecule has 0 aliphatic heterocycles. The van der Waals surface area contributed by atoms with Gasteiger partial charge >= 0.3 is 0 Å². The van der Waals surface area contributed by atoms with E-state index >= 15 is 0 Å². The van der Waals surface area contributed by atoms with Crippen LogP contribution in [0.25, 0.3) is 0 Å². The molecule has 1 rings (SSSR count). The molecule has 0 aliphatic rings. The number of hydrogen-bond acceptors (Lipinski definition) is 4. The molecule has 1 unspecified atom stereocenters. The van der Waals surface area contributed by atoms with E-state index in [0.717, 1.165) is 44.3 Å². The van der Waals surface area contributed by atoms with Gasteiger partial charge in [0.1, 0.15) is 5.75 Å². The number of hydrogen-bond donors (Lipinski definition) is 3. The highest BCUT2D eigenvalue weighted by atomic mass is 35.5. The number of nitrogens with one attached hydrogen (secondary N) is 1. The summed E-state index contributed by atoms with van der Waals surface area (Å²) in [5.41, 5.74) is 1.20. The maximum absolute atomic E-state index is 10.2. The summed E-state index contributed by atoms with van der Waals surface area (Å²) < 4.78 is 5.19. The van der Waals surface area contributed by atoms with Crippen molar-refractivity contribution < 1.29 is 14.9 Å². The lowest BCUT2D eigenvalue weighted by Crippen LogP contribution is -2.45. The van der Waals surface area contributed by atoms with Gasteiger partial charge in [-0.15, -0.1) is 12.4 Å². The van der Waals surface area contributed by atoms with E-state index in [9.17, 15) is 5.11 Å². The normalized spacial score (nSPS) is 12.5. The maximum atomic E-state index is 10.2. The van der Waals surface area contributed by atoms with Crippen molar-refractivity contribution in [2.75, 3.05) is 20.3 Å². The van der Waals surface area contributed by atoms with Crippen LogP contribution in [0.1, 0.15) is 64.4 Å². The molecule has 1 atom stereocenters. The number of aliphatic hydroxyl groups excluding tert-OH is 2. The fourth-order valence-corrected chi connectivity index (χ4v) is 3.01. The first kappa shape index (κ1) is 25.2. The predicted molar refractivity (Wildman–Crippen MR) is 111 cm³/mol. The van der Waals surface area contributed by atoms with E-state index < -0.39 is 0 Å². The van der Waals surface area contributed by atoms with E-state index in [1.807, 2.05) is 12.1 Å². The fraction of sp³-hybridized carbons (Fsp3) is 0.714. The van der Waals surface area contributed by atoms with Crippen molar-refractivity contribution >= 4 is 12.4 Å². The van der Waals surface area contributed by atoms with Gasteiger partial charge in [-0.1, -0.05) is 44.2 Å². The van der Waals surface area contributed by atoms with Crippen LogP contribution in [0.5, 0.6) is 5.75 Å². The lowest BCUT2D eigenvalue weighted by Gasteiger charge is -2.28. The third kappa shape index (κ3) is 11.7. The van der Waals surface area contributed by atoms with E-state index in [1.54, 1.807) is 7.11 Å². The minimum Gasteiger partial charge on any atom is -0.497 e. The smallest absolute Gasteiger partial charge is 0.118 e. The Hall–Kier alpha value is -0.810. The predicted octanol–water partition coefficient (Wildman–Crippen LogP) is 4.11. The van der Waals surface area contributed by atoms with Crippen LogP contribution >= 0.6 is 12.4 Å². The van der Waals surface area contributed by atoms with Crippen molar-refractivity contribution in [2.24, 2.45) is 0 Å². The zero-order chi connectivity index (χ0) is 18.5. The molecule has 5 heteroatoms. The Morgan fingerprint density at radius 2 is 1.58 bits per heavy atom. The van der Waals surface area contributed by atoms with Crippen molar-refractivity contribution in [3.05, 3.63) is 29.8 Å². The second-order valence-corrected chi connectivity index (χ2v) is 7.58. The molecule has 4 nitrogen and oxygen atoms in total. The summed E-state index contributed by atoms with van der Waals surface area (Å²) in [7, 11) is 1.68. The molecule has 0 bridgehead atoms. The van der Waals surface area contributed by atoms with Crippen molar-refractivity contribution in [2.45, 2.75) is 76.9 Å². The van der Waals surface area contributed by atoms with Crippen LogP contribution in [0.3, 0.4) is 0 Å². The molecule has 0 amide bonds. The van der Waals surface area contributed by atoms with Gasteiger partial charge in [0.05, 0.1) is 13.2 Å². The van der Waals surface area contributed by atoms with E-state index in [4.69, 9.17) is 9.84 Å². The quantitative estimate of drug-likeness (QED) is 0.420. The number of aliphatic hydroxyl groups is 2. The fourth-order valence-electron chi connectivity index (χ4n) is 3.01. The van der Waals surface area contributed by atoms with Crippen molar-refractivity contribution in [3.8, 4) is 5.75 Å². The summed E-state index contributed by atoms with van der Waals surface area (Å²) in [6.07, 6.45) is 8.12. The van der Waals surface area contributed by atoms with Crippen LogP contribution < -0.4 is 10.1 Å². The molecule has 0 saturated carbocycles. The van der Waals surface area contributed by atoms with Crippen molar-refractivity contribution in [3.63, 3.8) is 0 Å². The van der Waals surface area contributed by atoms with Crippen LogP contribution in [0.4, 0.5) is 0 Å². The van der Waals surface area contributed by atoms with Gasteiger partial charge in [-0.25, -0.2) is 0 Å². The Labute approximate surface area is 165 Å². The van der Waals surface area contributed by atoms with Gasteiger partial charge in [0, 0.05) is 18.7 Å².